The Morgan fingerprint density at radius 2 is 0.667 bits per heavy atom. The molecule has 0 aromatic heterocycles. The minimum atomic E-state index is -1.59. The molecule has 0 radical (unpaired) electrons. The van der Waals surface area contributed by atoms with Crippen molar-refractivity contribution in [2.45, 2.75) is 0 Å². The molecule has 0 heterocycles. The summed E-state index contributed by atoms with van der Waals surface area (Å²) in [4.78, 5) is 0. The molecule has 0 fully saturated rings. The van der Waals surface area contributed by atoms with Crippen LogP contribution < -0.4 is 13.6 Å². The Balaban J connectivity index is 0.00000144. The number of halogens is 2. The molecule has 0 saturated heterocycles. The van der Waals surface area contributed by atoms with E-state index in [0.29, 0.717) is 17.2 Å². The zero-order valence-corrected chi connectivity index (χ0v) is 17.0. The van der Waals surface area contributed by atoms with E-state index in [1.807, 2.05) is 91.0 Å². The highest BCUT2D eigenvalue weighted by Crippen LogP contribution is 2.41. The Labute approximate surface area is 164 Å². The first-order valence-corrected chi connectivity index (χ1v) is 7.99. The van der Waals surface area contributed by atoms with E-state index < -0.39 is 8.60 Å². The maximum Gasteiger partial charge on any atom is 0.530 e. The fraction of sp³-hybridized carbons (Fsp3) is 0. The standard InChI is InChI=1S/C18H15O3P.2BrH/c1-4-10-16(11-5-1)19-22(20-17-12-6-2-7-13-17)21-18-14-8-3-9-15-18;;/h1-15H;2*1H. The molecule has 0 saturated carbocycles. The second kappa shape index (κ2) is 11.1. The van der Waals surface area contributed by atoms with E-state index in [4.69, 9.17) is 13.6 Å². The van der Waals surface area contributed by atoms with E-state index in [9.17, 15) is 0 Å². The third-order valence-electron chi connectivity index (χ3n) is 2.77. The quantitative estimate of drug-likeness (QED) is 0.379. The van der Waals surface area contributed by atoms with Gasteiger partial charge >= 0.3 is 8.60 Å². The van der Waals surface area contributed by atoms with Crippen LogP contribution in [0.25, 0.3) is 0 Å². The Bertz CT molecular complexity index is 586. The Kier molecular flexibility index (Phi) is 9.46. The van der Waals surface area contributed by atoms with Crippen LogP contribution in [-0.4, -0.2) is 0 Å². The summed E-state index contributed by atoms with van der Waals surface area (Å²) in [5.74, 6) is 2.13. The van der Waals surface area contributed by atoms with Crippen molar-refractivity contribution in [1.82, 2.24) is 0 Å². The summed E-state index contributed by atoms with van der Waals surface area (Å²) in [5.41, 5.74) is 0. The third kappa shape index (κ3) is 6.52. The monoisotopic (exact) mass is 470 g/mol. The highest BCUT2D eigenvalue weighted by molar-refractivity contribution is 8.93. The molecule has 0 atom stereocenters. The lowest BCUT2D eigenvalue weighted by Crippen LogP contribution is -2.02. The summed E-state index contributed by atoms with van der Waals surface area (Å²) in [6.45, 7) is 0. The highest BCUT2D eigenvalue weighted by Gasteiger charge is 2.19. The van der Waals surface area contributed by atoms with E-state index in [0.717, 1.165) is 0 Å². The van der Waals surface area contributed by atoms with E-state index in [1.54, 1.807) is 0 Å². The van der Waals surface area contributed by atoms with Gasteiger partial charge in [0.2, 0.25) is 0 Å². The van der Waals surface area contributed by atoms with Gasteiger partial charge in [-0.15, -0.1) is 34.0 Å². The van der Waals surface area contributed by atoms with Crippen LogP contribution in [-0.2, 0) is 0 Å². The summed E-state index contributed by atoms with van der Waals surface area (Å²) >= 11 is 0. The van der Waals surface area contributed by atoms with Crippen molar-refractivity contribution in [2.24, 2.45) is 0 Å². The molecule has 3 nitrogen and oxygen atoms in total. The van der Waals surface area contributed by atoms with Crippen LogP contribution in [0.3, 0.4) is 0 Å². The highest BCUT2D eigenvalue weighted by atomic mass is 79.9. The SMILES string of the molecule is Br.Br.c1ccc(OP(Oc2ccccc2)Oc2ccccc2)cc1. The zero-order valence-electron chi connectivity index (χ0n) is 12.6. The first kappa shape index (κ1) is 20.5. The molecular weight excluding hydrogens is 455 g/mol. The van der Waals surface area contributed by atoms with Crippen LogP contribution in [0.2, 0.25) is 0 Å². The van der Waals surface area contributed by atoms with Gasteiger partial charge in [0.25, 0.3) is 0 Å². The van der Waals surface area contributed by atoms with Crippen molar-refractivity contribution < 1.29 is 13.6 Å². The summed E-state index contributed by atoms with van der Waals surface area (Å²) in [6.07, 6.45) is 0. The molecule has 6 heteroatoms. The molecule has 0 spiro atoms. The molecule has 3 aromatic carbocycles. The Hall–Kier alpha value is -1.55. The Morgan fingerprint density at radius 1 is 0.417 bits per heavy atom. The maximum absolute atomic E-state index is 5.84. The molecule has 0 aliphatic heterocycles. The van der Waals surface area contributed by atoms with Crippen LogP contribution in [0, 0.1) is 0 Å². The molecule has 0 aliphatic rings. The second-order valence-corrected chi connectivity index (χ2v) is 5.43. The van der Waals surface area contributed by atoms with Gasteiger partial charge in [-0.3, -0.25) is 0 Å². The van der Waals surface area contributed by atoms with Crippen LogP contribution >= 0.6 is 42.6 Å². The molecule has 0 N–H and O–H groups in total. The van der Waals surface area contributed by atoms with Crippen LogP contribution in [0.15, 0.2) is 91.0 Å². The van der Waals surface area contributed by atoms with Crippen molar-refractivity contribution in [3.8, 4) is 17.2 Å². The van der Waals surface area contributed by atoms with Crippen LogP contribution in [0.1, 0.15) is 0 Å². The average Bonchev–Trinajstić information content (AvgIpc) is 2.57. The van der Waals surface area contributed by atoms with E-state index in [2.05, 4.69) is 0 Å². The molecule has 0 bridgehead atoms. The fourth-order valence-electron chi connectivity index (χ4n) is 1.76. The smallest absolute Gasteiger partial charge is 0.409 e. The summed E-state index contributed by atoms with van der Waals surface area (Å²) in [7, 11) is -1.59. The maximum atomic E-state index is 5.84. The number of hydrogen-bond donors (Lipinski definition) is 0. The topological polar surface area (TPSA) is 27.7 Å². The minimum Gasteiger partial charge on any atom is -0.409 e. The second-order valence-electron chi connectivity index (χ2n) is 4.44. The molecule has 24 heavy (non-hydrogen) atoms. The van der Waals surface area contributed by atoms with Crippen LogP contribution in [0.5, 0.6) is 17.2 Å². The van der Waals surface area contributed by atoms with Crippen LogP contribution in [0.4, 0.5) is 0 Å². The lowest BCUT2D eigenvalue weighted by molar-refractivity contribution is 0.388. The van der Waals surface area contributed by atoms with E-state index in [1.165, 1.54) is 0 Å². The van der Waals surface area contributed by atoms with Gasteiger partial charge in [-0.25, -0.2) is 0 Å². The van der Waals surface area contributed by atoms with Gasteiger partial charge in [-0.05, 0) is 36.4 Å². The van der Waals surface area contributed by atoms with Gasteiger partial charge in [-0.1, -0.05) is 54.6 Å². The fourth-order valence-corrected chi connectivity index (χ4v) is 2.75. The normalized spacial score (nSPS) is 9.38. The molecule has 0 amide bonds. The van der Waals surface area contributed by atoms with Gasteiger partial charge in [0, 0.05) is 0 Å². The molecule has 3 aromatic rings. The number of benzene rings is 3. The molecular formula is C18H17Br2O3P. The van der Waals surface area contributed by atoms with Crippen molar-refractivity contribution in [3.05, 3.63) is 91.0 Å². The van der Waals surface area contributed by atoms with Gasteiger partial charge in [0.1, 0.15) is 17.2 Å². The number of rotatable bonds is 6. The molecule has 3 rings (SSSR count). The zero-order chi connectivity index (χ0) is 15.0. The van der Waals surface area contributed by atoms with Gasteiger partial charge < -0.3 is 13.6 Å². The van der Waals surface area contributed by atoms with Crippen molar-refractivity contribution in [2.75, 3.05) is 0 Å². The number of para-hydroxylation sites is 3. The minimum absolute atomic E-state index is 0. The summed E-state index contributed by atoms with van der Waals surface area (Å²) in [5, 5.41) is 0. The lowest BCUT2D eigenvalue weighted by Gasteiger charge is -2.17. The number of hydrogen-bond acceptors (Lipinski definition) is 3. The third-order valence-corrected chi connectivity index (χ3v) is 3.85. The Morgan fingerprint density at radius 3 is 0.917 bits per heavy atom. The van der Waals surface area contributed by atoms with Gasteiger partial charge in [-0.2, -0.15) is 0 Å². The van der Waals surface area contributed by atoms with E-state index >= 15 is 0 Å². The average molecular weight is 472 g/mol. The van der Waals surface area contributed by atoms with E-state index in [-0.39, 0.29) is 34.0 Å². The summed E-state index contributed by atoms with van der Waals surface area (Å²) < 4.78 is 17.5. The predicted molar refractivity (Wildman–Crippen MR) is 109 cm³/mol. The van der Waals surface area contributed by atoms with Crippen molar-refractivity contribution in [1.29, 1.82) is 0 Å². The first-order valence-electron chi connectivity index (χ1n) is 6.89. The molecule has 0 unspecified atom stereocenters. The van der Waals surface area contributed by atoms with Gasteiger partial charge in [0.05, 0.1) is 0 Å². The molecule has 0 aliphatic carbocycles. The summed E-state index contributed by atoms with van der Waals surface area (Å²) in [6, 6.07) is 28.5. The van der Waals surface area contributed by atoms with Crippen molar-refractivity contribution >= 4 is 42.6 Å². The predicted octanol–water partition coefficient (Wildman–Crippen LogP) is 6.61. The molecule has 126 valence electrons. The largest absolute Gasteiger partial charge is 0.530 e. The lowest BCUT2D eigenvalue weighted by atomic mass is 10.3. The van der Waals surface area contributed by atoms with Gasteiger partial charge in [0.15, 0.2) is 0 Å². The van der Waals surface area contributed by atoms with Crippen molar-refractivity contribution in [3.63, 3.8) is 0 Å². The first-order chi connectivity index (χ1) is 10.9.